The van der Waals surface area contributed by atoms with Gasteiger partial charge in [0.25, 0.3) is 0 Å². The molecule has 144 valence electrons. The molecule has 0 saturated heterocycles. The highest BCUT2D eigenvalue weighted by Gasteiger charge is 2.18. The fraction of sp³-hybridized carbons (Fsp3) is 0.120. The van der Waals surface area contributed by atoms with Crippen molar-refractivity contribution in [1.29, 1.82) is 0 Å². The molecular weight excluding hydrogens is 363 g/mol. The van der Waals surface area contributed by atoms with Gasteiger partial charge >= 0.3 is 0 Å². The van der Waals surface area contributed by atoms with Crippen molar-refractivity contribution in [3.05, 3.63) is 95.4 Å². The molecule has 0 aliphatic carbocycles. The van der Waals surface area contributed by atoms with Gasteiger partial charge in [-0.2, -0.15) is 0 Å². The predicted octanol–water partition coefficient (Wildman–Crippen LogP) is 5.84. The zero-order chi connectivity index (χ0) is 20.4. The number of benzene rings is 3. The van der Waals surface area contributed by atoms with Gasteiger partial charge in [0.1, 0.15) is 5.82 Å². The maximum Gasteiger partial charge on any atom is 0.228 e. The summed E-state index contributed by atoms with van der Waals surface area (Å²) in [4.78, 5) is 17.5. The number of anilines is 1. The minimum atomic E-state index is -0.435. The van der Waals surface area contributed by atoms with Crippen molar-refractivity contribution in [2.75, 3.05) is 5.32 Å². The Bertz CT molecular complexity index is 1200. The fourth-order valence-electron chi connectivity index (χ4n) is 3.60. The van der Waals surface area contributed by atoms with Crippen LogP contribution in [0.5, 0.6) is 0 Å². The molecule has 0 unspecified atom stereocenters. The normalized spacial score (nSPS) is 10.9. The Morgan fingerprint density at radius 3 is 2.45 bits per heavy atom. The van der Waals surface area contributed by atoms with E-state index in [1.165, 1.54) is 6.07 Å². The number of hydrogen-bond donors (Lipinski definition) is 1. The van der Waals surface area contributed by atoms with Crippen LogP contribution in [0.25, 0.3) is 22.0 Å². The molecule has 4 heteroatoms. The van der Waals surface area contributed by atoms with E-state index >= 15 is 0 Å². The quantitative estimate of drug-likeness (QED) is 0.480. The van der Waals surface area contributed by atoms with Gasteiger partial charge in [-0.3, -0.25) is 9.78 Å². The Labute approximate surface area is 169 Å². The Kier molecular flexibility index (Phi) is 5.09. The summed E-state index contributed by atoms with van der Waals surface area (Å²) in [6.45, 7) is 3.72. The highest BCUT2D eigenvalue weighted by atomic mass is 19.1. The van der Waals surface area contributed by atoms with Crippen LogP contribution >= 0.6 is 0 Å². The molecule has 0 aliphatic heterocycles. The number of nitrogens with zero attached hydrogens (tertiary/aromatic N) is 1. The largest absolute Gasteiger partial charge is 0.323 e. The average molecular weight is 384 g/mol. The number of halogens is 1. The van der Waals surface area contributed by atoms with E-state index < -0.39 is 5.82 Å². The minimum absolute atomic E-state index is 0.112. The van der Waals surface area contributed by atoms with Crippen LogP contribution in [-0.4, -0.2) is 10.9 Å². The molecule has 29 heavy (non-hydrogen) atoms. The number of nitrogens with one attached hydrogen (secondary N) is 1. The van der Waals surface area contributed by atoms with Crippen LogP contribution in [0.15, 0.2) is 72.8 Å². The zero-order valence-electron chi connectivity index (χ0n) is 16.4. The van der Waals surface area contributed by atoms with Crippen molar-refractivity contribution in [2.45, 2.75) is 20.3 Å². The van der Waals surface area contributed by atoms with Crippen molar-refractivity contribution in [2.24, 2.45) is 0 Å². The van der Waals surface area contributed by atoms with Gasteiger partial charge in [0.2, 0.25) is 5.91 Å². The van der Waals surface area contributed by atoms with Crippen molar-refractivity contribution >= 4 is 22.5 Å². The van der Waals surface area contributed by atoms with Gasteiger partial charge in [-0.15, -0.1) is 0 Å². The molecule has 0 atom stereocenters. The lowest BCUT2D eigenvalue weighted by Crippen LogP contribution is -2.17. The van der Waals surface area contributed by atoms with E-state index in [0.29, 0.717) is 0 Å². The van der Waals surface area contributed by atoms with Gasteiger partial charge < -0.3 is 5.32 Å². The van der Waals surface area contributed by atoms with E-state index in [1.807, 2.05) is 68.4 Å². The lowest BCUT2D eigenvalue weighted by Gasteiger charge is -2.16. The van der Waals surface area contributed by atoms with Gasteiger partial charge in [-0.1, -0.05) is 54.6 Å². The smallest absolute Gasteiger partial charge is 0.228 e. The number of pyridine rings is 1. The Morgan fingerprint density at radius 2 is 1.69 bits per heavy atom. The molecule has 3 nitrogen and oxygen atoms in total. The standard InChI is InChI=1S/C25H21FN2O/c1-16-12-13-23(21(26)14-16)28-24(29)15-20-17(2)27-22-11-7-6-10-19(22)25(20)18-8-4-3-5-9-18/h3-14H,15H2,1-2H3,(H,28,29). The molecule has 0 fully saturated rings. The number of carbonyl (C=O) groups excluding carboxylic acids is 1. The first-order valence-electron chi connectivity index (χ1n) is 9.52. The number of fused-ring (bicyclic) bond motifs is 1. The van der Waals surface area contributed by atoms with E-state index in [0.717, 1.165) is 38.9 Å². The highest BCUT2D eigenvalue weighted by molar-refractivity contribution is 6.00. The van der Waals surface area contributed by atoms with Crippen LogP contribution in [0.2, 0.25) is 0 Å². The van der Waals surface area contributed by atoms with E-state index in [1.54, 1.807) is 12.1 Å². The lowest BCUT2D eigenvalue weighted by atomic mass is 9.92. The molecule has 0 spiro atoms. The summed E-state index contributed by atoms with van der Waals surface area (Å²) < 4.78 is 14.2. The summed E-state index contributed by atoms with van der Waals surface area (Å²) in [5.74, 6) is -0.708. The van der Waals surface area contributed by atoms with Crippen molar-refractivity contribution in [1.82, 2.24) is 4.98 Å². The topological polar surface area (TPSA) is 42.0 Å². The maximum absolute atomic E-state index is 14.2. The van der Waals surface area contributed by atoms with Crippen LogP contribution in [0, 0.1) is 19.7 Å². The number of aryl methyl sites for hydroxylation is 2. The van der Waals surface area contributed by atoms with Crippen LogP contribution in [0.3, 0.4) is 0 Å². The summed E-state index contributed by atoms with van der Waals surface area (Å²) in [6, 6.07) is 22.7. The van der Waals surface area contributed by atoms with Gasteiger partial charge in [0.05, 0.1) is 17.6 Å². The fourth-order valence-corrected chi connectivity index (χ4v) is 3.60. The predicted molar refractivity (Wildman–Crippen MR) is 115 cm³/mol. The monoisotopic (exact) mass is 384 g/mol. The molecule has 0 aliphatic rings. The van der Waals surface area contributed by atoms with Gasteiger partial charge in [-0.05, 0) is 54.3 Å². The summed E-state index contributed by atoms with van der Waals surface area (Å²) in [7, 11) is 0. The second kappa shape index (κ2) is 7.84. The number of amides is 1. The van der Waals surface area contributed by atoms with Gasteiger partial charge in [-0.25, -0.2) is 4.39 Å². The SMILES string of the molecule is Cc1ccc(NC(=O)Cc2c(C)nc3ccccc3c2-c2ccccc2)c(F)c1. The molecule has 4 rings (SSSR count). The van der Waals surface area contributed by atoms with Crippen LogP contribution < -0.4 is 5.32 Å². The van der Waals surface area contributed by atoms with E-state index in [4.69, 9.17) is 4.98 Å². The highest BCUT2D eigenvalue weighted by Crippen LogP contribution is 2.33. The maximum atomic E-state index is 14.2. The molecule has 0 saturated carbocycles. The van der Waals surface area contributed by atoms with Crippen LogP contribution in [0.4, 0.5) is 10.1 Å². The second-order valence-electron chi connectivity index (χ2n) is 7.14. The van der Waals surface area contributed by atoms with E-state index in [2.05, 4.69) is 5.32 Å². The number of aromatic nitrogens is 1. The lowest BCUT2D eigenvalue weighted by molar-refractivity contribution is -0.115. The molecule has 3 aromatic carbocycles. The summed E-state index contributed by atoms with van der Waals surface area (Å²) in [5, 5.41) is 3.69. The van der Waals surface area contributed by atoms with Crippen molar-refractivity contribution in [3.8, 4) is 11.1 Å². The zero-order valence-corrected chi connectivity index (χ0v) is 16.4. The molecule has 4 aromatic rings. The van der Waals surface area contributed by atoms with Crippen molar-refractivity contribution in [3.63, 3.8) is 0 Å². The summed E-state index contributed by atoms with van der Waals surface area (Å²) >= 11 is 0. The van der Waals surface area contributed by atoms with Gasteiger partial charge in [0, 0.05) is 11.1 Å². The van der Waals surface area contributed by atoms with Gasteiger partial charge in [0.15, 0.2) is 0 Å². The number of rotatable bonds is 4. The Hall–Kier alpha value is -3.53. The van der Waals surface area contributed by atoms with Crippen LogP contribution in [-0.2, 0) is 11.2 Å². The molecule has 1 amide bonds. The molecule has 1 N–H and O–H groups in total. The first-order valence-corrected chi connectivity index (χ1v) is 9.52. The molecular formula is C25H21FN2O. The van der Waals surface area contributed by atoms with Crippen molar-refractivity contribution < 1.29 is 9.18 Å². The van der Waals surface area contributed by atoms with E-state index in [-0.39, 0.29) is 18.0 Å². The third-order valence-corrected chi connectivity index (χ3v) is 5.00. The Morgan fingerprint density at radius 1 is 0.966 bits per heavy atom. The first kappa shape index (κ1) is 18.8. The second-order valence-corrected chi connectivity index (χ2v) is 7.14. The molecule has 0 bridgehead atoms. The average Bonchev–Trinajstić information content (AvgIpc) is 2.71. The third kappa shape index (κ3) is 3.87. The number of hydrogen-bond acceptors (Lipinski definition) is 2. The molecule has 1 aromatic heterocycles. The third-order valence-electron chi connectivity index (χ3n) is 5.00. The first-order chi connectivity index (χ1) is 14.0. The number of para-hydroxylation sites is 1. The van der Waals surface area contributed by atoms with E-state index in [9.17, 15) is 9.18 Å². The summed E-state index contributed by atoms with van der Waals surface area (Å²) in [5.41, 5.74) is 5.54. The summed E-state index contributed by atoms with van der Waals surface area (Å²) in [6.07, 6.45) is 0.112. The molecule has 1 heterocycles. The minimum Gasteiger partial charge on any atom is -0.323 e. The number of carbonyl (C=O) groups is 1. The Balaban J connectivity index is 1.77. The van der Waals surface area contributed by atoms with Crippen LogP contribution in [0.1, 0.15) is 16.8 Å². The molecule has 0 radical (unpaired) electrons.